The van der Waals surface area contributed by atoms with Crippen LogP contribution in [0.4, 0.5) is 17.1 Å². The molecule has 1 heterocycles. The van der Waals surface area contributed by atoms with Gasteiger partial charge < -0.3 is 9.32 Å². The maximum absolute atomic E-state index is 9.77. The van der Waals surface area contributed by atoms with Crippen LogP contribution in [0.1, 0.15) is 30.2 Å². The molecule has 1 aromatic heterocycles. The van der Waals surface area contributed by atoms with Crippen molar-refractivity contribution in [2.45, 2.75) is 0 Å². The van der Waals surface area contributed by atoms with E-state index in [2.05, 4.69) is 0 Å². The second kappa shape index (κ2) is 13.4. The second-order valence-corrected chi connectivity index (χ2v) is 12.0. The van der Waals surface area contributed by atoms with Crippen LogP contribution in [0.5, 0.6) is 0 Å². The van der Waals surface area contributed by atoms with E-state index in [0.29, 0.717) is 37.6 Å². The van der Waals surface area contributed by atoms with Crippen molar-refractivity contribution in [3.63, 3.8) is 0 Å². The van der Waals surface area contributed by atoms with Gasteiger partial charge in [0.1, 0.15) is 11.2 Å². The van der Waals surface area contributed by atoms with Crippen molar-refractivity contribution in [1.29, 1.82) is 0 Å². The van der Waals surface area contributed by atoms with Crippen LogP contribution in [0.2, 0.25) is 0 Å². The lowest BCUT2D eigenvalue weighted by atomic mass is 9.93. The quantitative estimate of drug-likeness (QED) is 0.164. The van der Waals surface area contributed by atoms with E-state index in [-0.39, 0.29) is 11.1 Å². The third-order valence-electron chi connectivity index (χ3n) is 8.86. The van der Waals surface area contributed by atoms with Crippen LogP contribution < -0.4 is 4.90 Å². The summed E-state index contributed by atoms with van der Waals surface area (Å²) in [5.41, 5.74) is -3.36. The monoisotopic (exact) mass is 711 g/mol. The van der Waals surface area contributed by atoms with E-state index < -0.39 is 172 Å². The molecule has 0 aliphatic rings. The molecule has 0 N–H and O–H groups in total. The van der Waals surface area contributed by atoms with E-state index >= 15 is 0 Å². The van der Waals surface area contributed by atoms with Crippen molar-refractivity contribution in [3.05, 3.63) is 212 Å². The predicted molar refractivity (Wildman–Crippen MR) is 228 cm³/mol. The summed E-state index contributed by atoms with van der Waals surface area (Å²) in [5.74, 6) is 0. The third-order valence-corrected chi connectivity index (χ3v) is 8.86. The Morgan fingerprint density at radius 3 is 1.44 bits per heavy atom. The zero-order chi connectivity index (χ0) is 55.0. The minimum Gasteiger partial charge on any atom is -0.455 e. The molecule has 0 aliphatic heterocycles. The molecule has 0 atom stereocenters. The van der Waals surface area contributed by atoms with Crippen molar-refractivity contribution in [2.75, 3.05) is 4.90 Å². The Hall–Kier alpha value is -7.16. The molecule has 10 aromatic rings. The van der Waals surface area contributed by atoms with Crippen LogP contribution in [0.3, 0.4) is 0 Å². The molecule has 0 saturated carbocycles. The maximum Gasteiger partial charge on any atom is 0.143 e. The smallest absolute Gasteiger partial charge is 0.143 e. The second-order valence-electron chi connectivity index (χ2n) is 12.0. The largest absolute Gasteiger partial charge is 0.455 e. The van der Waals surface area contributed by atoms with Gasteiger partial charge in [-0.15, -0.1) is 0 Å². The Kier molecular flexibility index (Phi) is 4.04. The molecule has 9 aromatic carbocycles. The maximum atomic E-state index is 9.77. The lowest BCUT2D eigenvalue weighted by Crippen LogP contribution is -2.09. The first kappa shape index (κ1) is 16.2. The number of nitrogens with zero attached hydrogens (tertiary/aromatic N) is 1. The molecule has 0 radical (unpaired) electrons. The van der Waals surface area contributed by atoms with Gasteiger partial charge in [-0.1, -0.05) is 163 Å². The molecule has 10 rings (SSSR count). The van der Waals surface area contributed by atoms with Crippen LogP contribution in [0, 0.1) is 0 Å². The molecular weight excluding hydrogens is 655 g/mol. The number of hydrogen-bond acceptors (Lipinski definition) is 2. The van der Waals surface area contributed by atoms with E-state index in [0.717, 1.165) is 11.1 Å². The predicted octanol–water partition coefficient (Wildman–Crippen LogP) is 14.9. The summed E-state index contributed by atoms with van der Waals surface area (Å²) < 4.78 is 204. The lowest BCUT2D eigenvalue weighted by molar-refractivity contribution is 0.673. The minimum absolute atomic E-state index is 0.197. The standard InChI is InChI=1S/C52H35NO/c1-4-13-36(14-5-1)38-23-29-42(30-24-38)53(43-31-25-39(26-32-43)37-15-6-2-7-16-37)44-33-27-41(28-34-44)48-35-49-51-45(40-17-8-3-9-18-40)21-12-22-50(51)54-52(49)47-20-11-10-19-46(47)48/h1-35H/i1D,2D,4D,5D,6D,7D,13D,14D,15D,16D,23D,24D,25D,26D,27D,28D,29D,30D,31D,32D,33D,34D. The van der Waals surface area contributed by atoms with E-state index in [1.165, 1.54) is 0 Å². The molecule has 0 aliphatic carbocycles. The summed E-state index contributed by atoms with van der Waals surface area (Å²) in [7, 11) is 0. The molecule has 2 heteroatoms. The fourth-order valence-electron chi connectivity index (χ4n) is 6.44. The Morgan fingerprint density at radius 2 is 0.870 bits per heavy atom. The first-order valence-corrected chi connectivity index (χ1v) is 16.6. The lowest BCUT2D eigenvalue weighted by Gasteiger charge is -2.26. The van der Waals surface area contributed by atoms with E-state index in [1.54, 1.807) is 36.4 Å². The van der Waals surface area contributed by atoms with Crippen molar-refractivity contribution in [1.82, 2.24) is 0 Å². The topological polar surface area (TPSA) is 16.4 Å². The average Bonchev–Trinajstić information content (AvgIpc) is 3.96. The molecule has 54 heavy (non-hydrogen) atoms. The SMILES string of the molecule is [2H]c1c([2H])c([2H])c(-c2c([2H])c([2H])c(N(c3c([2H])c([2H])c(-c4c([2H])c([2H])c([2H])c([2H])c4[2H])c([2H])c3[2H])c3c([2H])c([2H])c(-c4cc5c(oc6cccc(-c7ccccc7)c65)c5ccccc45)c([2H])c3[2H])c([2H])c2[2H])c([2H])c1[2H]. The summed E-state index contributed by atoms with van der Waals surface area (Å²) in [6.45, 7) is 0. The number of furan rings is 1. The molecular formula is C52H35NO. The highest BCUT2D eigenvalue weighted by Crippen LogP contribution is 2.44. The Bertz CT molecular complexity index is 3930. The number of rotatable bonds is 7. The summed E-state index contributed by atoms with van der Waals surface area (Å²) in [5, 5.41) is 2.21. The van der Waals surface area contributed by atoms with E-state index in [9.17, 15) is 16.4 Å². The number of fused-ring (bicyclic) bond motifs is 5. The highest BCUT2D eigenvalue weighted by atomic mass is 16.3. The van der Waals surface area contributed by atoms with Gasteiger partial charge >= 0.3 is 0 Å². The van der Waals surface area contributed by atoms with Gasteiger partial charge in [0.25, 0.3) is 0 Å². The molecule has 254 valence electrons. The average molecular weight is 712 g/mol. The van der Waals surface area contributed by atoms with E-state index in [4.69, 9.17) is 18.1 Å². The summed E-state index contributed by atoms with van der Waals surface area (Å²) in [6.07, 6.45) is 0. The van der Waals surface area contributed by atoms with Crippen molar-refractivity contribution < 1.29 is 34.6 Å². The molecule has 0 saturated heterocycles. The van der Waals surface area contributed by atoms with Crippen LogP contribution >= 0.6 is 0 Å². The first-order chi connectivity index (χ1) is 36.0. The van der Waals surface area contributed by atoms with Gasteiger partial charge in [0, 0.05) is 33.2 Å². The number of anilines is 3. The Morgan fingerprint density at radius 1 is 0.370 bits per heavy atom. The van der Waals surface area contributed by atoms with Gasteiger partial charge in [-0.25, -0.2) is 0 Å². The van der Waals surface area contributed by atoms with Crippen LogP contribution in [-0.2, 0) is 0 Å². The summed E-state index contributed by atoms with van der Waals surface area (Å²) in [4.78, 5) is 0.500. The molecule has 0 fully saturated rings. The van der Waals surface area contributed by atoms with Gasteiger partial charge in [0.05, 0.1) is 30.2 Å². The molecule has 0 unspecified atom stereocenters. The van der Waals surface area contributed by atoms with Crippen LogP contribution in [0.15, 0.2) is 216 Å². The zero-order valence-electron chi connectivity index (χ0n) is 49.9. The normalized spacial score (nSPS) is 17.0. The minimum atomic E-state index is -1.12. The third kappa shape index (κ3) is 5.62. The zero-order valence-corrected chi connectivity index (χ0v) is 27.9. The molecule has 0 amide bonds. The fourth-order valence-corrected chi connectivity index (χ4v) is 6.44. The van der Waals surface area contributed by atoms with Gasteiger partial charge in [-0.05, 0) is 98.3 Å². The van der Waals surface area contributed by atoms with Crippen molar-refractivity contribution >= 4 is 49.8 Å². The van der Waals surface area contributed by atoms with Crippen molar-refractivity contribution in [3.8, 4) is 44.5 Å². The van der Waals surface area contributed by atoms with Crippen LogP contribution in [0.25, 0.3) is 77.2 Å². The van der Waals surface area contributed by atoms with Gasteiger partial charge in [0.2, 0.25) is 0 Å². The Labute approximate surface area is 345 Å². The number of benzene rings is 9. The summed E-state index contributed by atoms with van der Waals surface area (Å²) in [6, 6.07) is 2.87. The number of hydrogen-bond donors (Lipinski definition) is 0. The van der Waals surface area contributed by atoms with E-state index in [1.807, 2.05) is 42.5 Å². The van der Waals surface area contributed by atoms with Crippen molar-refractivity contribution in [2.24, 2.45) is 0 Å². The van der Waals surface area contributed by atoms with Gasteiger partial charge in [0.15, 0.2) is 0 Å². The van der Waals surface area contributed by atoms with Gasteiger partial charge in [-0.2, -0.15) is 0 Å². The summed E-state index contributed by atoms with van der Waals surface area (Å²) >= 11 is 0. The Balaban J connectivity index is 1.32. The molecule has 2 nitrogen and oxygen atoms in total. The highest BCUT2D eigenvalue weighted by molar-refractivity contribution is 6.22. The first-order valence-electron chi connectivity index (χ1n) is 27.6. The van der Waals surface area contributed by atoms with Crippen LogP contribution in [-0.4, -0.2) is 0 Å². The highest BCUT2D eigenvalue weighted by Gasteiger charge is 2.19. The van der Waals surface area contributed by atoms with Gasteiger partial charge in [-0.3, -0.25) is 0 Å². The fraction of sp³-hybridized carbons (Fsp3) is 0. The molecule has 0 bridgehead atoms. The molecule has 0 spiro atoms.